The first-order chi connectivity index (χ1) is 9.69. The molecule has 3 rings (SSSR count). The first-order valence-electron chi connectivity index (χ1n) is 7.36. The van der Waals surface area contributed by atoms with E-state index in [-0.39, 0.29) is 0 Å². The van der Waals surface area contributed by atoms with Crippen LogP contribution in [0.1, 0.15) is 11.3 Å². The summed E-state index contributed by atoms with van der Waals surface area (Å²) >= 11 is 0. The number of para-hydroxylation sites is 1. The highest BCUT2D eigenvalue weighted by Gasteiger charge is 2.16. The van der Waals surface area contributed by atoms with E-state index in [0.717, 1.165) is 32.7 Å². The number of benzene rings is 1. The average molecular weight is 272 g/mol. The van der Waals surface area contributed by atoms with Gasteiger partial charge in [-0.2, -0.15) is 0 Å². The van der Waals surface area contributed by atoms with Crippen molar-refractivity contribution in [3.8, 4) is 0 Å². The molecule has 0 atom stereocenters. The highest BCUT2D eigenvalue weighted by molar-refractivity contribution is 5.84. The molecule has 0 amide bonds. The predicted molar refractivity (Wildman–Crippen MR) is 83.6 cm³/mol. The van der Waals surface area contributed by atoms with Gasteiger partial charge in [0.1, 0.15) is 0 Å². The number of fused-ring (bicyclic) bond motifs is 1. The predicted octanol–water partition coefficient (Wildman–Crippen LogP) is 1.38. The van der Waals surface area contributed by atoms with Crippen LogP contribution in [-0.2, 0) is 20.1 Å². The van der Waals surface area contributed by atoms with Gasteiger partial charge in [0.2, 0.25) is 0 Å². The molecule has 20 heavy (non-hydrogen) atoms. The highest BCUT2D eigenvalue weighted by Crippen LogP contribution is 2.23. The Morgan fingerprint density at radius 3 is 2.55 bits per heavy atom. The minimum Gasteiger partial charge on any atom is -0.346 e. The number of rotatable bonds is 3. The zero-order valence-corrected chi connectivity index (χ0v) is 12.5. The molecule has 1 saturated heterocycles. The summed E-state index contributed by atoms with van der Waals surface area (Å²) in [5, 5.41) is 1.31. The zero-order valence-electron chi connectivity index (χ0n) is 12.5. The first-order valence-corrected chi connectivity index (χ1v) is 7.36. The Balaban J connectivity index is 1.87. The third kappa shape index (κ3) is 2.46. The van der Waals surface area contributed by atoms with Crippen molar-refractivity contribution in [3.63, 3.8) is 0 Å². The number of piperazine rings is 1. The highest BCUT2D eigenvalue weighted by atomic mass is 15.2. The van der Waals surface area contributed by atoms with Crippen LogP contribution in [0.25, 0.3) is 10.9 Å². The van der Waals surface area contributed by atoms with Gasteiger partial charge in [-0.25, -0.2) is 0 Å². The molecule has 4 nitrogen and oxygen atoms in total. The fourth-order valence-corrected chi connectivity index (χ4v) is 3.11. The van der Waals surface area contributed by atoms with Gasteiger partial charge in [0.15, 0.2) is 0 Å². The van der Waals surface area contributed by atoms with Gasteiger partial charge in [-0.3, -0.25) is 4.90 Å². The molecule has 0 unspecified atom stereocenters. The normalized spacial score (nSPS) is 17.9. The number of likely N-dealkylation sites (N-methyl/N-ethyl adjacent to an activating group) is 1. The number of hydrogen-bond donors (Lipinski definition) is 1. The molecule has 2 aromatic rings. The fraction of sp³-hybridized carbons (Fsp3) is 0.500. The van der Waals surface area contributed by atoms with Crippen molar-refractivity contribution in [2.24, 2.45) is 12.8 Å². The molecular weight excluding hydrogens is 248 g/mol. The third-order valence-electron chi connectivity index (χ3n) is 4.44. The minimum absolute atomic E-state index is 0.600. The monoisotopic (exact) mass is 272 g/mol. The van der Waals surface area contributed by atoms with Crippen molar-refractivity contribution in [1.29, 1.82) is 0 Å². The molecule has 1 aromatic carbocycles. The van der Waals surface area contributed by atoms with Crippen LogP contribution in [0, 0.1) is 0 Å². The summed E-state index contributed by atoms with van der Waals surface area (Å²) in [5.74, 6) is 0. The summed E-state index contributed by atoms with van der Waals surface area (Å²) < 4.78 is 2.32. The van der Waals surface area contributed by atoms with Crippen LogP contribution in [0.4, 0.5) is 0 Å². The van der Waals surface area contributed by atoms with E-state index < -0.39 is 0 Å². The lowest BCUT2D eigenvalue weighted by Gasteiger charge is -2.32. The zero-order chi connectivity index (χ0) is 14.1. The van der Waals surface area contributed by atoms with Crippen molar-refractivity contribution in [3.05, 3.63) is 35.5 Å². The van der Waals surface area contributed by atoms with Crippen LogP contribution in [0.5, 0.6) is 0 Å². The molecule has 0 saturated carbocycles. The number of aromatic nitrogens is 1. The molecule has 4 heteroatoms. The molecule has 0 aliphatic carbocycles. The van der Waals surface area contributed by atoms with Crippen molar-refractivity contribution in [2.45, 2.75) is 13.1 Å². The van der Waals surface area contributed by atoms with Gasteiger partial charge < -0.3 is 15.2 Å². The fourth-order valence-electron chi connectivity index (χ4n) is 3.11. The molecule has 1 fully saturated rings. The molecule has 2 N–H and O–H groups in total. The topological polar surface area (TPSA) is 37.4 Å². The molecule has 0 spiro atoms. The third-order valence-corrected chi connectivity index (χ3v) is 4.44. The van der Waals surface area contributed by atoms with Crippen LogP contribution in [0.15, 0.2) is 24.3 Å². The van der Waals surface area contributed by atoms with Crippen molar-refractivity contribution in [1.82, 2.24) is 14.4 Å². The Hall–Kier alpha value is -1.36. The Bertz CT molecular complexity index is 594. The lowest BCUT2D eigenvalue weighted by atomic mass is 10.1. The van der Waals surface area contributed by atoms with E-state index in [1.54, 1.807) is 0 Å². The molecule has 2 heterocycles. The summed E-state index contributed by atoms with van der Waals surface area (Å²) in [4.78, 5) is 4.93. The van der Waals surface area contributed by atoms with Gasteiger partial charge in [-0.05, 0) is 18.7 Å². The Morgan fingerprint density at radius 2 is 1.85 bits per heavy atom. The first kappa shape index (κ1) is 13.6. The van der Waals surface area contributed by atoms with E-state index in [4.69, 9.17) is 5.73 Å². The molecule has 0 bridgehead atoms. The second-order valence-corrected chi connectivity index (χ2v) is 5.83. The SMILES string of the molecule is CN1CCN(Cc2cc3cccc(CN)c3n2C)CC1. The standard InChI is InChI=1S/C16H24N4/c1-18-6-8-20(9-7-18)12-15-10-13-4-3-5-14(11-17)16(13)19(15)2/h3-5,10H,6-9,11-12,17H2,1-2H3. The van der Waals surface area contributed by atoms with Crippen molar-refractivity contribution >= 4 is 10.9 Å². The van der Waals surface area contributed by atoms with Crippen molar-refractivity contribution < 1.29 is 0 Å². The maximum Gasteiger partial charge on any atom is 0.0525 e. The maximum atomic E-state index is 5.86. The van der Waals surface area contributed by atoms with Crippen LogP contribution in [0.3, 0.4) is 0 Å². The van der Waals surface area contributed by atoms with Crippen LogP contribution >= 0.6 is 0 Å². The van der Waals surface area contributed by atoms with E-state index in [1.165, 1.54) is 22.2 Å². The van der Waals surface area contributed by atoms with Gasteiger partial charge in [-0.15, -0.1) is 0 Å². The van der Waals surface area contributed by atoms with E-state index in [1.807, 2.05) is 0 Å². The van der Waals surface area contributed by atoms with Gasteiger partial charge in [0.25, 0.3) is 0 Å². The summed E-state index contributed by atoms with van der Waals surface area (Å²) in [5.41, 5.74) is 9.77. The van der Waals surface area contributed by atoms with E-state index in [9.17, 15) is 0 Å². The average Bonchev–Trinajstić information content (AvgIpc) is 2.78. The Labute approximate surface area is 120 Å². The Morgan fingerprint density at radius 1 is 1.10 bits per heavy atom. The summed E-state index contributed by atoms with van der Waals surface area (Å²) in [6.07, 6.45) is 0. The number of nitrogens with two attached hydrogens (primary N) is 1. The van der Waals surface area contributed by atoms with Crippen LogP contribution in [-0.4, -0.2) is 47.6 Å². The minimum atomic E-state index is 0.600. The van der Waals surface area contributed by atoms with Gasteiger partial charge in [0, 0.05) is 57.4 Å². The number of hydrogen-bond acceptors (Lipinski definition) is 3. The lowest BCUT2D eigenvalue weighted by Crippen LogP contribution is -2.44. The van der Waals surface area contributed by atoms with E-state index in [0.29, 0.717) is 6.54 Å². The summed E-state index contributed by atoms with van der Waals surface area (Å²) in [6, 6.07) is 8.72. The molecule has 1 aromatic heterocycles. The van der Waals surface area contributed by atoms with Crippen LogP contribution in [0.2, 0.25) is 0 Å². The second kappa shape index (κ2) is 5.56. The summed E-state index contributed by atoms with van der Waals surface area (Å²) in [7, 11) is 4.36. The van der Waals surface area contributed by atoms with Gasteiger partial charge >= 0.3 is 0 Å². The molecule has 1 aliphatic heterocycles. The second-order valence-electron chi connectivity index (χ2n) is 5.83. The van der Waals surface area contributed by atoms with Gasteiger partial charge in [-0.1, -0.05) is 18.2 Å². The maximum absolute atomic E-state index is 5.86. The molecule has 0 radical (unpaired) electrons. The van der Waals surface area contributed by atoms with Crippen LogP contribution < -0.4 is 5.73 Å². The number of aryl methyl sites for hydroxylation is 1. The molecule has 1 aliphatic rings. The largest absolute Gasteiger partial charge is 0.346 e. The van der Waals surface area contributed by atoms with Gasteiger partial charge in [0.05, 0.1) is 5.52 Å². The smallest absolute Gasteiger partial charge is 0.0525 e. The van der Waals surface area contributed by atoms with Crippen molar-refractivity contribution in [2.75, 3.05) is 33.2 Å². The lowest BCUT2D eigenvalue weighted by molar-refractivity contribution is 0.146. The van der Waals surface area contributed by atoms with E-state index in [2.05, 4.69) is 52.7 Å². The Kier molecular flexibility index (Phi) is 3.78. The molecular formula is C16H24N4. The molecule has 108 valence electrons. The number of nitrogens with zero attached hydrogens (tertiary/aromatic N) is 3. The van der Waals surface area contributed by atoms with E-state index >= 15 is 0 Å². The quantitative estimate of drug-likeness (QED) is 0.917. The summed E-state index contributed by atoms with van der Waals surface area (Å²) in [6.45, 7) is 6.27.